The van der Waals surface area contributed by atoms with Gasteiger partial charge in [-0.1, -0.05) is 48.5 Å². The summed E-state index contributed by atoms with van der Waals surface area (Å²) in [4.78, 5) is 8.55. The molecule has 1 N–H and O–H groups in total. The van der Waals surface area contributed by atoms with Crippen LogP contribution in [0, 0.1) is 6.92 Å². The van der Waals surface area contributed by atoms with Gasteiger partial charge in [0.25, 0.3) is 0 Å². The molecule has 0 amide bonds. The fraction of sp³-hybridized carbons (Fsp3) is 0.333. The number of morpholine rings is 1. The number of aryl methyl sites for hydroxylation is 2. The molecule has 32 heavy (non-hydrogen) atoms. The number of ether oxygens (including phenoxy) is 1. The molecule has 1 atom stereocenters. The maximum atomic E-state index is 14.1. The van der Waals surface area contributed by atoms with Gasteiger partial charge in [0.2, 0.25) is 0 Å². The van der Waals surface area contributed by atoms with E-state index in [2.05, 4.69) is 15.3 Å². The van der Waals surface area contributed by atoms with Gasteiger partial charge in [-0.05, 0) is 18.9 Å². The van der Waals surface area contributed by atoms with Crippen molar-refractivity contribution in [3.05, 3.63) is 59.8 Å². The summed E-state index contributed by atoms with van der Waals surface area (Å²) in [6, 6.07) is 14.8. The first-order chi connectivity index (χ1) is 15.4. The van der Waals surface area contributed by atoms with E-state index in [0.29, 0.717) is 47.4 Å². The van der Waals surface area contributed by atoms with Crippen molar-refractivity contribution >= 4 is 21.9 Å². The standard InChI is InChI=1S/C24H23F3N4O/c1-15-6-5-9-18-19(15)29-22(24(25,26)27)20-21(18)31(12-10-17-14-28-11-13-32-17)23(30-20)16-7-3-2-4-8-16/h2-9,17,28H,10-14H2,1H3. The second-order valence-electron chi connectivity index (χ2n) is 8.07. The van der Waals surface area contributed by atoms with Crippen molar-refractivity contribution in [3.8, 4) is 11.4 Å². The SMILES string of the molecule is Cc1cccc2c1nc(C(F)(F)F)c1nc(-c3ccccc3)n(CCC3CNCCO3)c12. The molecule has 4 aromatic rings. The van der Waals surface area contributed by atoms with Gasteiger partial charge in [-0.25, -0.2) is 9.97 Å². The number of para-hydroxylation sites is 1. The van der Waals surface area contributed by atoms with Crippen LogP contribution in [0.3, 0.4) is 0 Å². The highest BCUT2D eigenvalue weighted by molar-refractivity contribution is 6.05. The Morgan fingerprint density at radius 3 is 2.59 bits per heavy atom. The summed E-state index contributed by atoms with van der Waals surface area (Å²) >= 11 is 0. The molecule has 3 heterocycles. The molecule has 0 bridgehead atoms. The zero-order valence-corrected chi connectivity index (χ0v) is 17.6. The van der Waals surface area contributed by atoms with E-state index in [9.17, 15) is 13.2 Å². The quantitative estimate of drug-likeness (QED) is 0.488. The number of nitrogens with zero attached hydrogens (tertiary/aromatic N) is 3. The average molecular weight is 440 g/mol. The number of aromatic nitrogens is 3. The summed E-state index contributed by atoms with van der Waals surface area (Å²) in [6.45, 7) is 4.43. The zero-order valence-electron chi connectivity index (χ0n) is 17.6. The monoisotopic (exact) mass is 440 g/mol. The van der Waals surface area contributed by atoms with Crippen LogP contribution in [0.1, 0.15) is 17.7 Å². The van der Waals surface area contributed by atoms with E-state index in [4.69, 9.17) is 4.74 Å². The van der Waals surface area contributed by atoms with Gasteiger partial charge in [-0.2, -0.15) is 13.2 Å². The number of alkyl halides is 3. The van der Waals surface area contributed by atoms with E-state index in [1.165, 1.54) is 0 Å². The van der Waals surface area contributed by atoms with Crippen LogP contribution in [0.15, 0.2) is 48.5 Å². The normalized spacial score (nSPS) is 17.3. The van der Waals surface area contributed by atoms with E-state index in [1.807, 2.05) is 47.0 Å². The minimum Gasteiger partial charge on any atom is -0.376 e. The van der Waals surface area contributed by atoms with Crippen LogP contribution in [0.5, 0.6) is 0 Å². The lowest BCUT2D eigenvalue weighted by molar-refractivity contribution is -0.139. The molecule has 2 aromatic carbocycles. The largest absolute Gasteiger partial charge is 0.435 e. The third-order valence-corrected chi connectivity index (χ3v) is 5.89. The van der Waals surface area contributed by atoms with Crippen LogP contribution in [0.4, 0.5) is 13.2 Å². The van der Waals surface area contributed by atoms with Crippen molar-refractivity contribution < 1.29 is 17.9 Å². The van der Waals surface area contributed by atoms with Crippen molar-refractivity contribution in [1.82, 2.24) is 19.9 Å². The molecule has 0 radical (unpaired) electrons. The van der Waals surface area contributed by atoms with Gasteiger partial charge >= 0.3 is 6.18 Å². The fourth-order valence-electron chi connectivity index (χ4n) is 4.36. The average Bonchev–Trinajstić information content (AvgIpc) is 3.18. The molecule has 0 saturated carbocycles. The fourth-order valence-corrected chi connectivity index (χ4v) is 4.36. The van der Waals surface area contributed by atoms with Crippen LogP contribution >= 0.6 is 0 Å². The van der Waals surface area contributed by atoms with Crippen LogP contribution in [-0.2, 0) is 17.5 Å². The number of benzene rings is 2. The summed E-state index contributed by atoms with van der Waals surface area (Å²) in [5.74, 6) is 0.505. The van der Waals surface area contributed by atoms with Gasteiger partial charge in [-0.15, -0.1) is 0 Å². The number of imidazole rings is 1. The van der Waals surface area contributed by atoms with E-state index in [-0.39, 0.29) is 11.6 Å². The lowest BCUT2D eigenvalue weighted by atomic mass is 10.1. The highest BCUT2D eigenvalue weighted by Crippen LogP contribution is 2.39. The van der Waals surface area contributed by atoms with Crippen LogP contribution in [-0.4, -0.2) is 40.3 Å². The molecule has 0 spiro atoms. The van der Waals surface area contributed by atoms with Crippen molar-refractivity contribution in [1.29, 1.82) is 0 Å². The van der Waals surface area contributed by atoms with Crippen molar-refractivity contribution in [3.63, 3.8) is 0 Å². The van der Waals surface area contributed by atoms with Crippen LogP contribution < -0.4 is 5.32 Å². The van der Waals surface area contributed by atoms with Crippen molar-refractivity contribution in [2.45, 2.75) is 32.2 Å². The first-order valence-corrected chi connectivity index (χ1v) is 10.7. The maximum Gasteiger partial charge on any atom is 0.435 e. The third-order valence-electron chi connectivity index (χ3n) is 5.89. The van der Waals surface area contributed by atoms with E-state index >= 15 is 0 Å². The Morgan fingerprint density at radius 1 is 1.06 bits per heavy atom. The molecular weight excluding hydrogens is 417 g/mol. The molecule has 166 valence electrons. The van der Waals surface area contributed by atoms with Gasteiger partial charge in [-0.3, -0.25) is 0 Å². The molecule has 1 fully saturated rings. The molecular formula is C24H23F3N4O. The molecule has 0 aliphatic carbocycles. The molecule has 1 unspecified atom stereocenters. The van der Waals surface area contributed by atoms with Crippen LogP contribution in [0.25, 0.3) is 33.3 Å². The number of pyridine rings is 1. The number of fused-ring (bicyclic) bond motifs is 3. The summed E-state index contributed by atoms with van der Waals surface area (Å²) in [5.41, 5.74) is 1.22. The number of rotatable bonds is 4. The summed E-state index contributed by atoms with van der Waals surface area (Å²) < 4.78 is 49.9. The van der Waals surface area contributed by atoms with Crippen molar-refractivity contribution in [2.75, 3.05) is 19.7 Å². The molecule has 2 aromatic heterocycles. The Bertz CT molecular complexity index is 1260. The highest BCUT2D eigenvalue weighted by atomic mass is 19.4. The Labute approximate surface area is 183 Å². The Balaban J connectivity index is 1.78. The second kappa shape index (κ2) is 8.18. The minimum absolute atomic E-state index is 0.00162. The summed E-state index contributed by atoms with van der Waals surface area (Å²) in [7, 11) is 0. The number of halogens is 3. The number of hydrogen-bond acceptors (Lipinski definition) is 4. The topological polar surface area (TPSA) is 52.0 Å². The van der Waals surface area contributed by atoms with Gasteiger partial charge in [0.1, 0.15) is 11.3 Å². The second-order valence-corrected chi connectivity index (χ2v) is 8.07. The molecule has 8 heteroatoms. The zero-order chi connectivity index (χ0) is 22.3. The Kier molecular flexibility index (Phi) is 5.35. The first-order valence-electron chi connectivity index (χ1n) is 10.7. The molecule has 5 nitrogen and oxygen atoms in total. The summed E-state index contributed by atoms with van der Waals surface area (Å²) in [6.07, 6.45) is -3.95. The predicted octanol–water partition coefficient (Wildman–Crippen LogP) is 4.96. The van der Waals surface area contributed by atoms with Crippen molar-refractivity contribution in [2.24, 2.45) is 0 Å². The summed E-state index contributed by atoms with van der Waals surface area (Å²) in [5, 5.41) is 3.98. The highest BCUT2D eigenvalue weighted by Gasteiger charge is 2.38. The Morgan fingerprint density at radius 2 is 1.88 bits per heavy atom. The predicted molar refractivity (Wildman–Crippen MR) is 117 cm³/mol. The smallest absolute Gasteiger partial charge is 0.376 e. The third kappa shape index (κ3) is 3.73. The first kappa shape index (κ1) is 20.9. The number of hydrogen-bond donors (Lipinski definition) is 1. The number of nitrogens with one attached hydrogen (secondary N) is 1. The molecule has 1 saturated heterocycles. The molecule has 5 rings (SSSR count). The Hall–Kier alpha value is -2.97. The van der Waals surface area contributed by atoms with E-state index < -0.39 is 11.9 Å². The van der Waals surface area contributed by atoms with Gasteiger partial charge in [0, 0.05) is 30.6 Å². The van der Waals surface area contributed by atoms with E-state index in [0.717, 1.165) is 18.7 Å². The van der Waals surface area contributed by atoms with E-state index in [1.54, 1.807) is 13.0 Å². The van der Waals surface area contributed by atoms with Gasteiger partial charge < -0.3 is 14.6 Å². The maximum absolute atomic E-state index is 14.1. The molecule has 1 aliphatic rings. The van der Waals surface area contributed by atoms with Gasteiger partial charge in [0.15, 0.2) is 5.69 Å². The van der Waals surface area contributed by atoms with Gasteiger partial charge in [0.05, 0.1) is 23.7 Å². The van der Waals surface area contributed by atoms with Crippen LogP contribution in [0.2, 0.25) is 0 Å². The molecule has 1 aliphatic heterocycles. The lowest BCUT2D eigenvalue weighted by Crippen LogP contribution is -2.38. The lowest BCUT2D eigenvalue weighted by Gasteiger charge is -2.24. The minimum atomic E-state index is -4.61.